The van der Waals surface area contributed by atoms with Crippen LogP contribution in [0.25, 0.3) is 238 Å². The van der Waals surface area contributed by atoms with Gasteiger partial charge in [-0.3, -0.25) is 14.7 Å². The Morgan fingerprint density at radius 1 is 0.146 bits per heavy atom. The normalized spacial score (nSPS) is 12.3. The summed E-state index contributed by atoms with van der Waals surface area (Å²) in [5, 5.41) is 21.5. The minimum atomic E-state index is 0.587. The van der Waals surface area contributed by atoms with Gasteiger partial charge >= 0.3 is 0 Å². The van der Waals surface area contributed by atoms with Crippen LogP contribution in [0.5, 0.6) is 0 Å². The second-order valence-electron chi connectivity index (χ2n) is 36.4. The zero-order chi connectivity index (χ0) is 94.6. The molecule has 0 bridgehead atoms. The maximum atomic E-state index is 5.40. The molecule has 3 aliphatic rings. The van der Waals surface area contributed by atoms with Crippen molar-refractivity contribution in [1.82, 2.24) is 44.9 Å². The van der Waals surface area contributed by atoms with Crippen molar-refractivity contribution in [2.24, 2.45) is 0 Å². The lowest BCUT2D eigenvalue weighted by molar-refractivity contribution is 1.02. The van der Waals surface area contributed by atoms with Crippen LogP contribution < -0.4 is 14.7 Å². The van der Waals surface area contributed by atoms with Gasteiger partial charge < -0.3 is 0 Å². The molecule has 0 fully saturated rings. The molecule has 144 heavy (non-hydrogen) atoms. The summed E-state index contributed by atoms with van der Waals surface area (Å²) in [7, 11) is 0. The van der Waals surface area contributed by atoms with Crippen molar-refractivity contribution in [1.29, 1.82) is 0 Å². The average Bonchev–Trinajstić information content (AvgIpc) is 0.963. The number of anilines is 9. The monoisotopic (exact) mass is 1890 g/mol. The van der Waals surface area contributed by atoms with Crippen LogP contribution in [0.15, 0.2) is 461 Å². The summed E-state index contributed by atoms with van der Waals surface area (Å²) in [5.74, 6) is 5.66. The van der Waals surface area contributed by atoms with E-state index in [1.54, 1.807) is 34.0 Å². The molecular formula is C129H76N12S3. The molecule has 0 spiro atoms. The van der Waals surface area contributed by atoms with Crippen molar-refractivity contribution in [3.8, 4) is 113 Å². The molecule has 6 aromatic heterocycles. The lowest BCUT2D eigenvalue weighted by atomic mass is 9.91. The van der Waals surface area contributed by atoms with Crippen molar-refractivity contribution in [2.75, 3.05) is 14.7 Å². The first-order chi connectivity index (χ1) is 71.4. The predicted molar refractivity (Wildman–Crippen MR) is 602 cm³/mol. The van der Waals surface area contributed by atoms with Crippen LogP contribution in [0.2, 0.25) is 0 Å². The zero-order valence-corrected chi connectivity index (χ0v) is 79.4. The fourth-order valence-electron chi connectivity index (χ4n) is 22.0. The highest BCUT2D eigenvalue weighted by atomic mass is 32.1. The van der Waals surface area contributed by atoms with E-state index in [0.29, 0.717) is 52.8 Å². The Morgan fingerprint density at radius 2 is 0.458 bits per heavy atom. The highest BCUT2D eigenvalue weighted by Crippen LogP contribution is 2.56. The molecule has 15 heteroatoms. The molecule has 0 amide bonds. The van der Waals surface area contributed by atoms with Crippen LogP contribution in [-0.4, -0.2) is 44.9 Å². The first-order valence-electron chi connectivity index (χ1n) is 48.2. The third-order valence-electron chi connectivity index (χ3n) is 28.4. The predicted octanol–water partition coefficient (Wildman–Crippen LogP) is 35.7. The lowest BCUT2D eigenvalue weighted by Crippen LogP contribution is -2.18. The highest BCUT2D eigenvalue weighted by molar-refractivity contribution is 7.27. The average molecular weight is 1890 g/mol. The molecule has 0 atom stereocenters. The van der Waals surface area contributed by atoms with Gasteiger partial charge in [-0.25, -0.2) is 15.0 Å². The van der Waals surface area contributed by atoms with Crippen LogP contribution in [-0.2, 0) is 0 Å². The summed E-state index contributed by atoms with van der Waals surface area (Å²) < 4.78 is 7.34. The second kappa shape index (κ2) is 33.7. The fraction of sp³-hybridized carbons (Fsp3) is 0. The van der Waals surface area contributed by atoms with Gasteiger partial charge in [0, 0.05) is 127 Å². The van der Waals surface area contributed by atoms with Crippen LogP contribution in [0.4, 0.5) is 52.0 Å². The van der Waals surface area contributed by atoms with E-state index in [-0.39, 0.29) is 0 Å². The molecule has 3 aliphatic heterocycles. The molecule has 31 rings (SSSR count). The summed E-state index contributed by atoms with van der Waals surface area (Å²) in [4.78, 5) is 54.5. The number of para-hydroxylation sites is 3. The standard InChI is InChI=1S/C45H26N4S.C43H26N4S.C41H24N4S/c1-2-15-29-28(12-1)26-37(31-17-4-3-16-30(29)31)44-46-43(36-22-11-21-35-33-19-6-8-25-40(33)50-42(35)36)47-45(48-44)49-38-23-7-5-18-32(38)34-20-9-13-27-14-10-24-39(49)41(27)34;1-2-12-27(13-3-1)30-16-4-5-19-35(30)42-44-41(29-24-25-33-32-18-7-9-23-38(32)48-39(33)26-29)45-43(46-42)47-36-21-8-6-17-31(36)34-20-10-14-28-15-11-22-37(47)40(28)34;1-2-15-27-25(11-1)12-7-20-32(27)39-42-40(33-21-10-19-31-29-17-4-6-24-36(29)46-38(31)33)44-41(43-39)45-34-22-5-3-16-28(34)30-18-8-13-26-14-9-23-35(45)37(26)30/h1-26H;1-26H;1-24H. The molecule has 22 aromatic carbocycles. The summed E-state index contributed by atoms with van der Waals surface area (Å²) in [6, 6.07) is 163. The van der Waals surface area contributed by atoms with Crippen molar-refractivity contribution < 1.29 is 0 Å². The fourth-order valence-corrected chi connectivity index (χ4v) is 25.5. The summed E-state index contributed by atoms with van der Waals surface area (Å²) >= 11 is 5.38. The summed E-state index contributed by atoms with van der Waals surface area (Å²) in [6.45, 7) is 0. The van der Waals surface area contributed by atoms with E-state index in [9.17, 15) is 0 Å². The van der Waals surface area contributed by atoms with Gasteiger partial charge in [0.15, 0.2) is 34.9 Å². The van der Waals surface area contributed by atoms with Crippen molar-refractivity contribution in [3.05, 3.63) is 461 Å². The lowest BCUT2D eigenvalue weighted by Gasteiger charge is -2.32. The largest absolute Gasteiger partial charge is 0.278 e. The van der Waals surface area contributed by atoms with E-state index in [0.717, 1.165) is 117 Å². The van der Waals surface area contributed by atoms with E-state index in [2.05, 4.69) is 470 Å². The van der Waals surface area contributed by atoms with E-state index < -0.39 is 0 Å². The van der Waals surface area contributed by atoms with Crippen LogP contribution in [0.3, 0.4) is 0 Å². The van der Waals surface area contributed by atoms with Crippen molar-refractivity contribution >= 4 is 211 Å². The van der Waals surface area contributed by atoms with E-state index in [1.807, 2.05) is 6.07 Å². The number of aromatic nitrogens is 9. The van der Waals surface area contributed by atoms with Crippen LogP contribution in [0, 0.1) is 0 Å². The Hall–Kier alpha value is -18.5. The third-order valence-corrected chi connectivity index (χ3v) is 31.9. The minimum Gasteiger partial charge on any atom is -0.278 e. The van der Waals surface area contributed by atoms with E-state index >= 15 is 0 Å². The molecule has 9 heterocycles. The van der Waals surface area contributed by atoms with Crippen molar-refractivity contribution in [3.63, 3.8) is 0 Å². The second-order valence-corrected chi connectivity index (χ2v) is 39.6. The first kappa shape index (κ1) is 82.6. The van der Waals surface area contributed by atoms with Crippen molar-refractivity contribution in [2.45, 2.75) is 0 Å². The Labute approximate surface area is 838 Å². The number of hydrogen-bond acceptors (Lipinski definition) is 15. The molecule has 670 valence electrons. The number of fused-ring (bicyclic) bond motifs is 19. The van der Waals surface area contributed by atoms with E-state index in [1.165, 1.54) is 120 Å². The Kier molecular flexibility index (Phi) is 19.3. The Morgan fingerprint density at radius 3 is 0.972 bits per heavy atom. The Bertz CT molecular complexity index is 10200. The first-order valence-corrected chi connectivity index (χ1v) is 50.7. The molecular weight excluding hydrogens is 1810 g/mol. The maximum absolute atomic E-state index is 5.40. The molecule has 0 radical (unpaired) electrons. The van der Waals surface area contributed by atoms with Gasteiger partial charge in [0.05, 0.1) is 34.1 Å². The topological polar surface area (TPSA) is 126 Å². The molecule has 0 saturated heterocycles. The van der Waals surface area contributed by atoms with Crippen LogP contribution >= 0.6 is 34.0 Å². The third kappa shape index (κ3) is 13.5. The molecule has 0 unspecified atom stereocenters. The quantitative estimate of drug-likeness (QED) is 0.121. The smallest absolute Gasteiger partial charge is 0.238 e. The number of nitrogens with zero attached hydrogens (tertiary/aromatic N) is 12. The van der Waals surface area contributed by atoms with Gasteiger partial charge in [-0.1, -0.05) is 382 Å². The minimum absolute atomic E-state index is 0.587. The van der Waals surface area contributed by atoms with Gasteiger partial charge in [0.1, 0.15) is 0 Å². The molecule has 0 saturated carbocycles. The van der Waals surface area contributed by atoms with Gasteiger partial charge in [-0.2, -0.15) is 29.9 Å². The number of rotatable bonds is 10. The molecule has 0 aliphatic carbocycles. The Balaban J connectivity index is 0.000000103. The van der Waals surface area contributed by atoms with Gasteiger partial charge in [0.2, 0.25) is 17.8 Å². The molecule has 12 nitrogen and oxygen atoms in total. The summed E-state index contributed by atoms with van der Waals surface area (Å²) in [5.41, 5.74) is 21.5. The summed E-state index contributed by atoms with van der Waals surface area (Å²) in [6.07, 6.45) is 0. The highest BCUT2D eigenvalue weighted by Gasteiger charge is 2.35. The van der Waals surface area contributed by atoms with E-state index in [4.69, 9.17) is 44.9 Å². The van der Waals surface area contributed by atoms with Gasteiger partial charge in [-0.15, -0.1) is 34.0 Å². The number of hydrogen-bond donors (Lipinski definition) is 0. The molecule has 0 N–H and O–H groups in total. The van der Waals surface area contributed by atoms with Gasteiger partial charge in [0.25, 0.3) is 0 Å². The SMILES string of the molecule is c1ccc(-c2ccccc2-c2nc(-c3ccc4c(c3)sc3ccccc34)nc(N3c4ccccc4-c4cccc5cccc3c45)n2)cc1.c1ccc2c(c1)-c1cccc3cccc(c13)N2c1nc(-c2cc3ccccc3c3ccccc23)nc(-c2cccc3c2sc2ccccc23)n1.c1ccc2c(c1)-c1cccc3cccc(c13)N2c1nc(-c2cccc3ccccc23)nc(-c2cccc3c2sc2ccccc23)n1. The number of benzene rings is 22. The maximum Gasteiger partial charge on any atom is 0.238 e. The van der Waals surface area contributed by atoms with Gasteiger partial charge in [-0.05, 0) is 155 Å². The van der Waals surface area contributed by atoms with Crippen LogP contribution in [0.1, 0.15) is 0 Å². The molecule has 28 aromatic rings. The number of thiophene rings is 3. The zero-order valence-electron chi connectivity index (χ0n) is 77.0.